The zero-order valence-electron chi connectivity index (χ0n) is 10.6. The average Bonchev–Trinajstić information content (AvgIpc) is 2.50. The van der Waals surface area contributed by atoms with Crippen molar-refractivity contribution >= 4 is 5.97 Å². The van der Waals surface area contributed by atoms with Gasteiger partial charge in [0.2, 0.25) is 0 Å². The number of aliphatic carboxylic acids is 1. The molecule has 2 saturated carbocycles. The summed E-state index contributed by atoms with van der Waals surface area (Å²) in [6.07, 6.45) is 2.90. The van der Waals surface area contributed by atoms with Gasteiger partial charge >= 0.3 is 5.97 Å². The molecule has 0 heterocycles. The summed E-state index contributed by atoms with van der Waals surface area (Å²) in [4.78, 5) is 10.8. The van der Waals surface area contributed by atoms with E-state index >= 15 is 0 Å². The zero-order valence-corrected chi connectivity index (χ0v) is 10.6. The summed E-state index contributed by atoms with van der Waals surface area (Å²) in [5.41, 5.74) is 0.442. The van der Waals surface area contributed by atoms with Crippen molar-refractivity contribution < 1.29 is 14.6 Å². The molecule has 2 bridgehead atoms. The summed E-state index contributed by atoms with van der Waals surface area (Å²) in [6, 6.07) is 0. The second-order valence-electron chi connectivity index (χ2n) is 6.22. The predicted octanol–water partition coefficient (Wildman–Crippen LogP) is 2.69. The molecule has 2 aliphatic carbocycles. The average molecular weight is 226 g/mol. The Morgan fingerprint density at radius 3 is 2.44 bits per heavy atom. The minimum Gasteiger partial charge on any atom is -0.479 e. The number of carboxylic acid groups (broad SMARTS) is 1. The molecule has 4 atom stereocenters. The highest BCUT2D eigenvalue weighted by Crippen LogP contribution is 2.66. The minimum absolute atomic E-state index is 0.118. The van der Waals surface area contributed by atoms with E-state index < -0.39 is 12.1 Å². The molecule has 2 aliphatic rings. The Kier molecular flexibility index (Phi) is 2.57. The van der Waals surface area contributed by atoms with Crippen LogP contribution in [0.3, 0.4) is 0 Å². The molecule has 0 aromatic carbocycles. The fourth-order valence-corrected chi connectivity index (χ4v) is 3.64. The standard InChI is InChI=1S/C13H22O3/c1-8(11(14)15)16-10-7-9-5-6-13(10,4)12(9,2)3/h8-10H,5-7H2,1-4H3,(H,14,15)/t8-,9?,10?,13?/m1/s1. The third kappa shape index (κ3) is 1.41. The summed E-state index contributed by atoms with van der Waals surface area (Å²) in [7, 11) is 0. The highest BCUT2D eigenvalue weighted by Gasteiger charge is 2.62. The molecule has 0 aliphatic heterocycles. The van der Waals surface area contributed by atoms with Gasteiger partial charge in [0.05, 0.1) is 6.10 Å². The van der Waals surface area contributed by atoms with Gasteiger partial charge in [-0.1, -0.05) is 20.8 Å². The SMILES string of the molecule is C[C@@H](OC1CC2CCC1(C)C2(C)C)C(=O)O. The van der Waals surface area contributed by atoms with Crippen LogP contribution < -0.4 is 0 Å². The lowest BCUT2D eigenvalue weighted by molar-refractivity contribution is -0.159. The van der Waals surface area contributed by atoms with Gasteiger partial charge in [0.1, 0.15) is 0 Å². The first-order chi connectivity index (χ1) is 7.29. The van der Waals surface area contributed by atoms with Crippen LogP contribution in [0.25, 0.3) is 0 Å². The van der Waals surface area contributed by atoms with Gasteiger partial charge in [-0.25, -0.2) is 4.79 Å². The summed E-state index contributed by atoms with van der Waals surface area (Å²) in [5.74, 6) is -0.160. The lowest BCUT2D eigenvalue weighted by atomic mass is 9.70. The van der Waals surface area contributed by atoms with Crippen LogP contribution in [0.5, 0.6) is 0 Å². The van der Waals surface area contributed by atoms with Crippen molar-refractivity contribution in [1.82, 2.24) is 0 Å². The van der Waals surface area contributed by atoms with Crippen molar-refractivity contribution in [3.05, 3.63) is 0 Å². The molecular formula is C13H22O3. The van der Waals surface area contributed by atoms with Crippen LogP contribution in [-0.4, -0.2) is 23.3 Å². The number of rotatable bonds is 3. The van der Waals surface area contributed by atoms with Crippen molar-refractivity contribution in [1.29, 1.82) is 0 Å². The number of carboxylic acids is 1. The molecule has 3 nitrogen and oxygen atoms in total. The van der Waals surface area contributed by atoms with E-state index in [4.69, 9.17) is 9.84 Å². The van der Waals surface area contributed by atoms with E-state index in [1.807, 2.05) is 0 Å². The van der Waals surface area contributed by atoms with Crippen molar-refractivity contribution in [2.75, 3.05) is 0 Å². The second kappa shape index (κ2) is 3.46. The van der Waals surface area contributed by atoms with Crippen LogP contribution in [0.2, 0.25) is 0 Å². The molecule has 1 N–H and O–H groups in total. The van der Waals surface area contributed by atoms with Gasteiger partial charge in [0.15, 0.2) is 6.10 Å². The Bertz CT molecular complexity index is 310. The molecule has 2 fully saturated rings. The van der Waals surface area contributed by atoms with Gasteiger partial charge in [-0.2, -0.15) is 0 Å². The number of fused-ring (bicyclic) bond motifs is 2. The van der Waals surface area contributed by atoms with Crippen LogP contribution in [0.1, 0.15) is 47.0 Å². The van der Waals surface area contributed by atoms with Crippen molar-refractivity contribution in [3.8, 4) is 0 Å². The van der Waals surface area contributed by atoms with Gasteiger partial charge < -0.3 is 9.84 Å². The maximum Gasteiger partial charge on any atom is 0.332 e. The number of ether oxygens (including phenoxy) is 1. The molecule has 0 aromatic rings. The maximum atomic E-state index is 10.8. The Hall–Kier alpha value is -0.570. The fraction of sp³-hybridized carbons (Fsp3) is 0.923. The Balaban J connectivity index is 2.13. The first-order valence-electron chi connectivity index (χ1n) is 6.17. The van der Waals surface area contributed by atoms with Crippen LogP contribution in [0, 0.1) is 16.7 Å². The van der Waals surface area contributed by atoms with E-state index in [9.17, 15) is 4.79 Å². The molecule has 0 amide bonds. The van der Waals surface area contributed by atoms with Crippen LogP contribution >= 0.6 is 0 Å². The van der Waals surface area contributed by atoms with Gasteiger partial charge in [-0.05, 0) is 42.9 Å². The molecule has 0 radical (unpaired) electrons. The largest absolute Gasteiger partial charge is 0.479 e. The monoisotopic (exact) mass is 226 g/mol. The fourth-order valence-electron chi connectivity index (χ4n) is 3.64. The smallest absolute Gasteiger partial charge is 0.332 e. The molecule has 0 spiro atoms. The summed E-state index contributed by atoms with van der Waals surface area (Å²) < 4.78 is 5.75. The highest BCUT2D eigenvalue weighted by atomic mass is 16.5. The van der Waals surface area contributed by atoms with E-state index in [2.05, 4.69) is 20.8 Å². The normalized spacial score (nSPS) is 42.2. The molecule has 0 aromatic heterocycles. The number of hydrogen-bond acceptors (Lipinski definition) is 2. The quantitative estimate of drug-likeness (QED) is 0.804. The van der Waals surface area contributed by atoms with E-state index in [-0.39, 0.29) is 16.9 Å². The van der Waals surface area contributed by atoms with Gasteiger partial charge in [0.25, 0.3) is 0 Å². The third-order valence-corrected chi connectivity index (χ3v) is 5.43. The lowest BCUT2D eigenvalue weighted by Crippen LogP contribution is -2.40. The first kappa shape index (κ1) is 11.9. The molecule has 3 unspecified atom stereocenters. The van der Waals surface area contributed by atoms with E-state index in [1.54, 1.807) is 6.92 Å². The van der Waals surface area contributed by atoms with Crippen molar-refractivity contribution in [2.24, 2.45) is 16.7 Å². The van der Waals surface area contributed by atoms with Crippen LogP contribution in [0.4, 0.5) is 0 Å². The molecular weight excluding hydrogens is 204 g/mol. The van der Waals surface area contributed by atoms with Crippen LogP contribution in [-0.2, 0) is 9.53 Å². The third-order valence-electron chi connectivity index (χ3n) is 5.43. The first-order valence-corrected chi connectivity index (χ1v) is 6.17. The van der Waals surface area contributed by atoms with Gasteiger partial charge in [0, 0.05) is 0 Å². The Morgan fingerprint density at radius 1 is 1.44 bits per heavy atom. The summed E-state index contributed by atoms with van der Waals surface area (Å²) in [6.45, 7) is 8.50. The second-order valence-corrected chi connectivity index (χ2v) is 6.22. The minimum atomic E-state index is -0.857. The Morgan fingerprint density at radius 2 is 2.06 bits per heavy atom. The number of hydrogen-bond donors (Lipinski definition) is 1. The van der Waals surface area contributed by atoms with Crippen molar-refractivity contribution in [2.45, 2.75) is 59.2 Å². The van der Waals surface area contributed by atoms with E-state index in [0.717, 1.165) is 6.42 Å². The highest BCUT2D eigenvalue weighted by molar-refractivity contribution is 5.71. The molecule has 2 rings (SSSR count). The van der Waals surface area contributed by atoms with Gasteiger partial charge in [-0.15, -0.1) is 0 Å². The maximum absolute atomic E-state index is 10.8. The predicted molar refractivity (Wildman–Crippen MR) is 61.2 cm³/mol. The van der Waals surface area contributed by atoms with Crippen LogP contribution in [0.15, 0.2) is 0 Å². The summed E-state index contributed by atoms with van der Waals surface area (Å²) >= 11 is 0. The molecule has 92 valence electrons. The Labute approximate surface area is 97.2 Å². The topological polar surface area (TPSA) is 46.5 Å². The molecule has 16 heavy (non-hydrogen) atoms. The van der Waals surface area contributed by atoms with Gasteiger partial charge in [-0.3, -0.25) is 0 Å². The molecule has 3 heteroatoms. The molecule has 0 saturated heterocycles. The lowest BCUT2D eigenvalue weighted by Gasteiger charge is -2.39. The van der Waals surface area contributed by atoms with E-state index in [0.29, 0.717) is 5.92 Å². The van der Waals surface area contributed by atoms with E-state index in [1.165, 1.54) is 12.8 Å². The summed E-state index contributed by atoms with van der Waals surface area (Å²) in [5, 5.41) is 8.90. The number of carbonyl (C=O) groups is 1. The zero-order chi connectivity index (χ0) is 12.1. The van der Waals surface area contributed by atoms with Crippen molar-refractivity contribution in [3.63, 3.8) is 0 Å².